The van der Waals surface area contributed by atoms with Crippen molar-refractivity contribution in [3.05, 3.63) is 0 Å². The minimum atomic E-state index is 0.553. The molecular weight excluding hydrogens is 220 g/mol. The van der Waals surface area contributed by atoms with Crippen LogP contribution in [0.2, 0.25) is 0 Å². The summed E-state index contributed by atoms with van der Waals surface area (Å²) in [6.45, 7) is 6.92. The van der Waals surface area contributed by atoms with Crippen LogP contribution in [0.25, 0.3) is 0 Å². The van der Waals surface area contributed by atoms with Crippen LogP contribution in [0.1, 0.15) is 78.6 Å². The Morgan fingerprint density at radius 2 is 1.67 bits per heavy atom. The van der Waals surface area contributed by atoms with Crippen LogP contribution >= 0.6 is 0 Å². The number of nitrogens with one attached hydrogen (secondary N) is 1. The van der Waals surface area contributed by atoms with Crippen molar-refractivity contribution in [2.75, 3.05) is 0 Å². The van der Waals surface area contributed by atoms with E-state index in [1.54, 1.807) is 0 Å². The second-order valence-electron chi connectivity index (χ2n) is 6.26. The number of nitrogens with two attached hydrogens (primary N) is 1. The molecular formula is C16H34N2. The molecule has 0 aromatic heterocycles. The molecule has 1 atom stereocenters. The van der Waals surface area contributed by atoms with Crippen molar-refractivity contribution in [2.24, 2.45) is 23.6 Å². The quantitative estimate of drug-likeness (QED) is 0.502. The highest BCUT2D eigenvalue weighted by Crippen LogP contribution is 2.35. The Morgan fingerprint density at radius 3 is 2.11 bits per heavy atom. The summed E-state index contributed by atoms with van der Waals surface area (Å²) in [6, 6.07) is 0.553. The maximum Gasteiger partial charge on any atom is 0.0241 e. The number of rotatable bonds is 8. The maximum atomic E-state index is 5.80. The lowest BCUT2D eigenvalue weighted by atomic mass is 9.75. The molecule has 18 heavy (non-hydrogen) atoms. The first-order valence-corrected chi connectivity index (χ1v) is 8.21. The van der Waals surface area contributed by atoms with Crippen LogP contribution in [0.3, 0.4) is 0 Å². The van der Waals surface area contributed by atoms with Crippen molar-refractivity contribution >= 4 is 0 Å². The van der Waals surface area contributed by atoms with Gasteiger partial charge in [0.15, 0.2) is 0 Å². The number of hydrogen-bond donors (Lipinski definition) is 2. The van der Waals surface area contributed by atoms with Gasteiger partial charge in [0.05, 0.1) is 0 Å². The molecule has 0 radical (unpaired) electrons. The third-order valence-electron chi connectivity index (χ3n) is 5.11. The van der Waals surface area contributed by atoms with E-state index in [4.69, 9.17) is 5.84 Å². The largest absolute Gasteiger partial charge is 0.271 e. The predicted octanol–water partition coefficient (Wildman–Crippen LogP) is 4.25. The molecule has 2 heteroatoms. The van der Waals surface area contributed by atoms with Gasteiger partial charge in [-0.2, -0.15) is 0 Å². The Hall–Kier alpha value is -0.0800. The molecule has 108 valence electrons. The molecule has 1 aliphatic carbocycles. The van der Waals surface area contributed by atoms with E-state index in [0.29, 0.717) is 6.04 Å². The van der Waals surface area contributed by atoms with Gasteiger partial charge >= 0.3 is 0 Å². The molecule has 0 spiro atoms. The van der Waals surface area contributed by atoms with Gasteiger partial charge in [0.2, 0.25) is 0 Å². The van der Waals surface area contributed by atoms with Crippen LogP contribution in [0.5, 0.6) is 0 Å². The zero-order chi connectivity index (χ0) is 13.4. The maximum absolute atomic E-state index is 5.80. The minimum Gasteiger partial charge on any atom is -0.271 e. The SMILES string of the molecule is CCCC1CCC(C(CC(CC)CC)NN)CC1. The van der Waals surface area contributed by atoms with Crippen molar-refractivity contribution in [1.82, 2.24) is 5.43 Å². The van der Waals surface area contributed by atoms with Crippen LogP contribution in [-0.4, -0.2) is 6.04 Å². The van der Waals surface area contributed by atoms with E-state index in [1.807, 2.05) is 0 Å². The molecule has 1 aliphatic rings. The Kier molecular flexibility index (Phi) is 7.92. The molecule has 0 heterocycles. The van der Waals surface area contributed by atoms with Gasteiger partial charge in [-0.15, -0.1) is 0 Å². The molecule has 2 nitrogen and oxygen atoms in total. The fourth-order valence-corrected chi connectivity index (χ4v) is 3.67. The standard InChI is InChI=1S/C16H34N2/c1-4-7-14-8-10-15(11-9-14)16(18-17)12-13(5-2)6-3/h13-16,18H,4-12,17H2,1-3H3. The predicted molar refractivity (Wildman–Crippen MR) is 80.2 cm³/mol. The summed E-state index contributed by atoms with van der Waals surface area (Å²) < 4.78 is 0. The van der Waals surface area contributed by atoms with Crippen molar-refractivity contribution < 1.29 is 0 Å². The fraction of sp³-hybridized carbons (Fsp3) is 1.00. The Morgan fingerprint density at radius 1 is 1.06 bits per heavy atom. The van der Waals surface area contributed by atoms with Crippen molar-refractivity contribution in [3.63, 3.8) is 0 Å². The van der Waals surface area contributed by atoms with Gasteiger partial charge in [0, 0.05) is 6.04 Å². The smallest absolute Gasteiger partial charge is 0.0241 e. The van der Waals surface area contributed by atoms with E-state index in [-0.39, 0.29) is 0 Å². The molecule has 1 fully saturated rings. The lowest BCUT2D eigenvalue weighted by Gasteiger charge is -2.35. The van der Waals surface area contributed by atoms with Gasteiger partial charge in [-0.3, -0.25) is 11.3 Å². The zero-order valence-corrected chi connectivity index (χ0v) is 12.8. The molecule has 3 N–H and O–H groups in total. The third kappa shape index (κ3) is 4.89. The van der Waals surface area contributed by atoms with Gasteiger partial charge in [0.1, 0.15) is 0 Å². The normalized spacial score (nSPS) is 26.5. The molecule has 0 saturated heterocycles. The monoisotopic (exact) mass is 254 g/mol. The third-order valence-corrected chi connectivity index (χ3v) is 5.11. The first kappa shape index (κ1) is 16.0. The average molecular weight is 254 g/mol. The van der Waals surface area contributed by atoms with Crippen molar-refractivity contribution in [2.45, 2.75) is 84.6 Å². The van der Waals surface area contributed by atoms with E-state index in [2.05, 4.69) is 26.2 Å². The molecule has 0 aromatic rings. The van der Waals surface area contributed by atoms with E-state index in [1.165, 1.54) is 57.8 Å². The molecule has 1 saturated carbocycles. The summed E-state index contributed by atoms with van der Waals surface area (Å²) in [5, 5.41) is 0. The highest BCUT2D eigenvalue weighted by molar-refractivity contribution is 4.82. The van der Waals surface area contributed by atoms with E-state index in [9.17, 15) is 0 Å². The highest BCUT2D eigenvalue weighted by atomic mass is 15.2. The Bertz CT molecular complexity index is 193. The van der Waals surface area contributed by atoms with Gasteiger partial charge in [-0.25, -0.2) is 0 Å². The summed E-state index contributed by atoms with van der Waals surface area (Å²) in [5.74, 6) is 8.47. The topological polar surface area (TPSA) is 38.0 Å². The minimum absolute atomic E-state index is 0.553. The van der Waals surface area contributed by atoms with Crippen LogP contribution < -0.4 is 11.3 Å². The Labute approximate surface area is 114 Å². The van der Waals surface area contributed by atoms with Crippen molar-refractivity contribution in [1.29, 1.82) is 0 Å². The number of hydrazine groups is 1. The van der Waals surface area contributed by atoms with Crippen LogP contribution in [0.4, 0.5) is 0 Å². The average Bonchev–Trinajstić information content (AvgIpc) is 2.42. The van der Waals surface area contributed by atoms with Gasteiger partial charge in [0.25, 0.3) is 0 Å². The Balaban J connectivity index is 2.37. The van der Waals surface area contributed by atoms with Crippen LogP contribution in [0.15, 0.2) is 0 Å². The van der Waals surface area contributed by atoms with Gasteiger partial charge < -0.3 is 0 Å². The first-order chi connectivity index (χ1) is 8.74. The van der Waals surface area contributed by atoms with Crippen molar-refractivity contribution in [3.8, 4) is 0 Å². The molecule has 0 aromatic carbocycles. The highest BCUT2D eigenvalue weighted by Gasteiger charge is 2.27. The zero-order valence-electron chi connectivity index (χ0n) is 12.8. The van der Waals surface area contributed by atoms with E-state index < -0.39 is 0 Å². The van der Waals surface area contributed by atoms with Crippen LogP contribution in [0, 0.1) is 17.8 Å². The molecule has 0 bridgehead atoms. The van der Waals surface area contributed by atoms with Gasteiger partial charge in [-0.05, 0) is 37.0 Å². The van der Waals surface area contributed by atoms with Crippen LogP contribution in [-0.2, 0) is 0 Å². The fourth-order valence-electron chi connectivity index (χ4n) is 3.67. The second kappa shape index (κ2) is 8.92. The molecule has 1 unspecified atom stereocenters. The molecule has 0 aliphatic heterocycles. The number of hydrogen-bond acceptors (Lipinski definition) is 2. The summed E-state index contributed by atoms with van der Waals surface area (Å²) >= 11 is 0. The van der Waals surface area contributed by atoms with E-state index in [0.717, 1.165) is 17.8 Å². The van der Waals surface area contributed by atoms with E-state index >= 15 is 0 Å². The molecule has 0 amide bonds. The summed E-state index contributed by atoms with van der Waals surface area (Å²) in [4.78, 5) is 0. The summed E-state index contributed by atoms with van der Waals surface area (Å²) in [5.41, 5.74) is 3.12. The van der Waals surface area contributed by atoms with Gasteiger partial charge in [-0.1, -0.05) is 59.3 Å². The lowest BCUT2D eigenvalue weighted by molar-refractivity contribution is 0.191. The molecule has 1 rings (SSSR count). The summed E-state index contributed by atoms with van der Waals surface area (Å²) in [6.07, 6.45) is 12.3. The first-order valence-electron chi connectivity index (χ1n) is 8.21. The lowest BCUT2D eigenvalue weighted by Crippen LogP contribution is -2.43. The second-order valence-corrected chi connectivity index (χ2v) is 6.26. The summed E-state index contributed by atoms with van der Waals surface area (Å²) in [7, 11) is 0.